The molecule has 0 radical (unpaired) electrons. The van der Waals surface area contributed by atoms with Crippen LogP contribution in [0.3, 0.4) is 0 Å². The minimum absolute atomic E-state index is 0.0593. The summed E-state index contributed by atoms with van der Waals surface area (Å²) in [5, 5.41) is 3.42. The van der Waals surface area contributed by atoms with Crippen LogP contribution in [-0.2, 0) is 0 Å². The zero-order chi connectivity index (χ0) is 13.8. The first-order valence-corrected chi connectivity index (χ1v) is 6.87. The zero-order valence-electron chi connectivity index (χ0n) is 11.3. The smallest absolute Gasteiger partial charge is 0.321 e. The molecule has 19 heavy (non-hydrogen) atoms. The monoisotopic (exact) mass is 282 g/mol. The molecule has 0 saturated carbocycles. The summed E-state index contributed by atoms with van der Waals surface area (Å²) < 4.78 is 5.13. The van der Waals surface area contributed by atoms with Crippen LogP contribution in [0.25, 0.3) is 0 Å². The Bertz CT molecular complexity index is 465. The maximum absolute atomic E-state index is 12.1. The standard InChI is InChI=1S/C14H19ClN2O2/c1-10-4-3-7-17(9-10)14(18)16-11-5-6-12(15)13(8-11)19-2/h5-6,8,10H,3-4,7,9H2,1-2H3,(H,16,18). The fourth-order valence-corrected chi connectivity index (χ4v) is 2.51. The van der Waals surface area contributed by atoms with Crippen molar-refractivity contribution in [1.82, 2.24) is 4.90 Å². The summed E-state index contributed by atoms with van der Waals surface area (Å²) in [6.45, 7) is 3.81. The summed E-state index contributed by atoms with van der Waals surface area (Å²) in [5.41, 5.74) is 0.699. The Labute approximate surface area is 118 Å². The predicted octanol–water partition coefficient (Wildman–Crippen LogP) is 3.61. The van der Waals surface area contributed by atoms with Crippen molar-refractivity contribution < 1.29 is 9.53 Å². The van der Waals surface area contributed by atoms with E-state index in [4.69, 9.17) is 16.3 Å². The Morgan fingerprint density at radius 1 is 1.53 bits per heavy atom. The number of urea groups is 1. The van der Waals surface area contributed by atoms with Gasteiger partial charge in [0.25, 0.3) is 0 Å². The third-order valence-corrected chi connectivity index (χ3v) is 3.66. The number of amides is 2. The molecule has 1 N–H and O–H groups in total. The van der Waals surface area contributed by atoms with Gasteiger partial charge in [-0.1, -0.05) is 18.5 Å². The molecule has 0 spiro atoms. The molecule has 1 fully saturated rings. The van der Waals surface area contributed by atoms with Crippen LogP contribution in [0.15, 0.2) is 18.2 Å². The Kier molecular flexibility index (Phi) is 4.53. The van der Waals surface area contributed by atoms with E-state index in [0.29, 0.717) is 22.4 Å². The highest BCUT2D eigenvalue weighted by Gasteiger charge is 2.20. The average Bonchev–Trinajstić information content (AvgIpc) is 2.41. The highest BCUT2D eigenvalue weighted by atomic mass is 35.5. The second-order valence-corrected chi connectivity index (χ2v) is 5.38. The minimum Gasteiger partial charge on any atom is -0.495 e. The van der Waals surface area contributed by atoms with E-state index < -0.39 is 0 Å². The molecule has 1 aliphatic heterocycles. The second kappa shape index (κ2) is 6.15. The van der Waals surface area contributed by atoms with E-state index in [1.807, 2.05) is 4.90 Å². The molecule has 1 heterocycles. The number of likely N-dealkylation sites (tertiary alicyclic amines) is 1. The molecule has 5 heteroatoms. The molecular weight excluding hydrogens is 264 g/mol. The molecule has 1 aliphatic rings. The van der Waals surface area contributed by atoms with Gasteiger partial charge in [0, 0.05) is 24.8 Å². The van der Waals surface area contributed by atoms with Crippen LogP contribution >= 0.6 is 11.6 Å². The van der Waals surface area contributed by atoms with E-state index in [0.717, 1.165) is 19.5 Å². The van der Waals surface area contributed by atoms with Gasteiger partial charge in [0.15, 0.2) is 0 Å². The van der Waals surface area contributed by atoms with E-state index in [2.05, 4.69) is 12.2 Å². The van der Waals surface area contributed by atoms with Crippen molar-refractivity contribution in [3.63, 3.8) is 0 Å². The Morgan fingerprint density at radius 3 is 3.00 bits per heavy atom. The number of benzene rings is 1. The molecule has 1 aromatic carbocycles. The summed E-state index contributed by atoms with van der Waals surface area (Å²) in [5.74, 6) is 1.13. The third kappa shape index (κ3) is 3.53. The summed E-state index contributed by atoms with van der Waals surface area (Å²) >= 11 is 5.95. The van der Waals surface area contributed by atoms with Crippen LogP contribution < -0.4 is 10.1 Å². The summed E-state index contributed by atoms with van der Waals surface area (Å²) in [6, 6.07) is 5.16. The van der Waals surface area contributed by atoms with Crippen LogP contribution in [0.4, 0.5) is 10.5 Å². The van der Waals surface area contributed by atoms with E-state index in [1.165, 1.54) is 6.42 Å². The van der Waals surface area contributed by atoms with Crippen molar-refractivity contribution in [1.29, 1.82) is 0 Å². The van der Waals surface area contributed by atoms with Gasteiger partial charge in [-0.3, -0.25) is 0 Å². The van der Waals surface area contributed by atoms with Crippen LogP contribution in [0.2, 0.25) is 5.02 Å². The van der Waals surface area contributed by atoms with Gasteiger partial charge in [-0.2, -0.15) is 0 Å². The van der Waals surface area contributed by atoms with Crippen LogP contribution in [0.5, 0.6) is 5.75 Å². The molecule has 1 saturated heterocycles. The number of carbonyl (C=O) groups is 1. The molecule has 1 atom stereocenters. The predicted molar refractivity (Wildman–Crippen MR) is 77.0 cm³/mol. The molecule has 104 valence electrons. The molecule has 0 aromatic heterocycles. The fraction of sp³-hybridized carbons (Fsp3) is 0.500. The third-order valence-electron chi connectivity index (χ3n) is 3.35. The number of rotatable bonds is 2. The maximum atomic E-state index is 12.1. The lowest BCUT2D eigenvalue weighted by atomic mass is 10.0. The van der Waals surface area contributed by atoms with Crippen molar-refractivity contribution in [3.8, 4) is 5.75 Å². The zero-order valence-corrected chi connectivity index (χ0v) is 12.0. The number of anilines is 1. The quantitative estimate of drug-likeness (QED) is 0.900. The van der Waals surface area contributed by atoms with Gasteiger partial charge in [-0.05, 0) is 30.9 Å². The number of ether oxygens (including phenoxy) is 1. The topological polar surface area (TPSA) is 41.6 Å². The van der Waals surface area contributed by atoms with Crippen LogP contribution in [0.1, 0.15) is 19.8 Å². The van der Waals surface area contributed by atoms with Crippen molar-refractivity contribution in [2.45, 2.75) is 19.8 Å². The fourth-order valence-electron chi connectivity index (χ4n) is 2.31. The first kappa shape index (κ1) is 14.0. The first-order valence-electron chi connectivity index (χ1n) is 6.49. The summed E-state index contributed by atoms with van der Waals surface area (Å²) in [7, 11) is 1.55. The Balaban J connectivity index is 2.02. The van der Waals surface area contributed by atoms with Gasteiger partial charge >= 0.3 is 6.03 Å². The number of halogens is 1. The minimum atomic E-state index is -0.0593. The van der Waals surface area contributed by atoms with Crippen molar-refractivity contribution >= 4 is 23.3 Å². The van der Waals surface area contributed by atoms with Gasteiger partial charge in [0.2, 0.25) is 0 Å². The van der Waals surface area contributed by atoms with Gasteiger partial charge in [0.05, 0.1) is 12.1 Å². The van der Waals surface area contributed by atoms with Gasteiger partial charge in [-0.25, -0.2) is 4.79 Å². The van der Waals surface area contributed by atoms with E-state index in [1.54, 1.807) is 25.3 Å². The number of methoxy groups -OCH3 is 1. The van der Waals surface area contributed by atoms with Crippen molar-refractivity contribution in [2.75, 3.05) is 25.5 Å². The average molecular weight is 283 g/mol. The molecule has 2 amide bonds. The van der Waals surface area contributed by atoms with Gasteiger partial charge in [0.1, 0.15) is 5.75 Å². The van der Waals surface area contributed by atoms with Crippen molar-refractivity contribution in [3.05, 3.63) is 23.2 Å². The highest BCUT2D eigenvalue weighted by molar-refractivity contribution is 6.32. The van der Waals surface area contributed by atoms with E-state index in [-0.39, 0.29) is 6.03 Å². The van der Waals surface area contributed by atoms with Crippen LogP contribution in [0, 0.1) is 5.92 Å². The summed E-state index contributed by atoms with van der Waals surface area (Å²) in [4.78, 5) is 14.0. The molecule has 0 bridgehead atoms. The number of hydrogen-bond acceptors (Lipinski definition) is 2. The van der Waals surface area contributed by atoms with Gasteiger partial charge in [-0.15, -0.1) is 0 Å². The lowest BCUT2D eigenvalue weighted by Gasteiger charge is -2.30. The Morgan fingerprint density at radius 2 is 2.32 bits per heavy atom. The molecule has 0 aliphatic carbocycles. The Hall–Kier alpha value is -1.42. The van der Waals surface area contributed by atoms with E-state index in [9.17, 15) is 4.79 Å². The van der Waals surface area contributed by atoms with Crippen molar-refractivity contribution in [2.24, 2.45) is 5.92 Å². The number of piperidine rings is 1. The van der Waals surface area contributed by atoms with Crippen LogP contribution in [-0.4, -0.2) is 31.1 Å². The number of carbonyl (C=O) groups excluding carboxylic acids is 1. The normalized spacial score (nSPS) is 19.1. The first-order chi connectivity index (χ1) is 9.10. The lowest BCUT2D eigenvalue weighted by molar-refractivity contribution is 0.182. The number of nitrogens with one attached hydrogen (secondary N) is 1. The number of hydrogen-bond donors (Lipinski definition) is 1. The molecule has 1 unspecified atom stereocenters. The highest BCUT2D eigenvalue weighted by Crippen LogP contribution is 2.27. The lowest BCUT2D eigenvalue weighted by Crippen LogP contribution is -2.41. The largest absolute Gasteiger partial charge is 0.495 e. The molecule has 4 nitrogen and oxygen atoms in total. The SMILES string of the molecule is COc1cc(NC(=O)N2CCCC(C)C2)ccc1Cl. The second-order valence-electron chi connectivity index (χ2n) is 4.97. The maximum Gasteiger partial charge on any atom is 0.321 e. The molecular formula is C14H19ClN2O2. The number of nitrogens with zero attached hydrogens (tertiary/aromatic N) is 1. The summed E-state index contributed by atoms with van der Waals surface area (Å²) in [6.07, 6.45) is 2.26. The van der Waals surface area contributed by atoms with E-state index >= 15 is 0 Å². The molecule has 1 aromatic rings. The molecule has 2 rings (SSSR count). The van der Waals surface area contributed by atoms with Gasteiger partial charge < -0.3 is 15.0 Å².